The summed E-state index contributed by atoms with van der Waals surface area (Å²) < 4.78 is 0. The minimum absolute atomic E-state index is 0.267. The molecule has 2 aliphatic rings. The van der Waals surface area contributed by atoms with Gasteiger partial charge in [-0.05, 0) is 25.0 Å². The molecule has 1 aromatic heterocycles. The van der Waals surface area contributed by atoms with Crippen LogP contribution in [0, 0.1) is 5.92 Å². The molecule has 2 N–H and O–H groups in total. The van der Waals surface area contributed by atoms with E-state index in [4.69, 9.17) is 5.11 Å². The van der Waals surface area contributed by atoms with E-state index >= 15 is 0 Å². The average Bonchev–Trinajstić information content (AvgIpc) is 2.55. The fourth-order valence-electron chi connectivity index (χ4n) is 2.89. The first kappa shape index (κ1) is 15.3. The Balaban J connectivity index is 1.65. The molecule has 3 amide bonds. The number of amides is 3. The number of hydrogen-bond donors (Lipinski definition) is 2. The van der Waals surface area contributed by atoms with Crippen molar-refractivity contribution in [1.29, 1.82) is 0 Å². The van der Waals surface area contributed by atoms with Crippen molar-refractivity contribution in [3.8, 4) is 0 Å². The fraction of sp³-hybridized carbons (Fsp3) is 0.467. The van der Waals surface area contributed by atoms with Crippen LogP contribution in [0.2, 0.25) is 0 Å². The lowest BCUT2D eigenvalue weighted by molar-refractivity contribution is -0.142. The maximum absolute atomic E-state index is 11.8. The van der Waals surface area contributed by atoms with Gasteiger partial charge in [-0.15, -0.1) is 0 Å². The molecule has 0 bridgehead atoms. The molecule has 1 aromatic rings. The lowest BCUT2D eigenvalue weighted by atomic mass is 9.97. The Labute approximate surface area is 133 Å². The minimum atomic E-state index is -0.737. The number of rotatable bonds is 3. The Morgan fingerprint density at radius 2 is 1.96 bits per heavy atom. The van der Waals surface area contributed by atoms with Gasteiger partial charge in [0.2, 0.25) is 5.91 Å². The van der Waals surface area contributed by atoms with Crippen LogP contribution >= 0.6 is 0 Å². The molecule has 0 radical (unpaired) electrons. The number of nitrogens with zero attached hydrogens (tertiary/aromatic N) is 3. The van der Waals surface area contributed by atoms with Gasteiger partial charge < -0.3 is 10.0 Å². The molecule has 122 valence electrons. The zero-order valence-corrected chi connectivity index (χ0v) is 12.6. The Hall–Kier alpha value is -2.64. The lowest BCUT2D eigenvalue weighted by Gasteiger charge is -2.31. The second kappa shape index (κ2) is 6.23. The van der Waals surface area contributed by atoms with Gasteiger partial charge in [-0.3, -0.25) is 19.8 Å². The Morgan fingerprint density at radius 3 is 2.52 bits per heavy atom. The van der Waals surface area contributed by atoms with Crippen molar-refractivity contribution in [2.24, 2.45) is 5.92 Å². The van der Waals surface area contributed by atoms with Crippen molar-refractivity contribution < 1.29 is 19.5 Å². The first-order chi connectivity index (χ1) is 11.0. The van der Waals surface area contributed by atoms with Crippen LogP contribution in [-0.4, -0.2) is 47.6 Å². The van der Waals surface area contributed by atoms with Crippen LogP contribution in [0.15, 0.2) is 18.3 Å². The highest BCUT2D eigenvalue weighted by atomic mass is 16.4. The average molecular weight is 318 g/mol. The van der Waals surface area contributed by atoms with E-state index in [0.717, 1.165) is 5.82 Å². The van der Waals surface area contributed by atoms with Gasteiger partial charge in [-0.2, -0.15) is 0 Å². The minimum Gasteiger partial charge on any atom is -0.481 e. The van der Waals surface area contributed by atoms with Crippen LogP contribution in [0.25, 0.3) is 0 Å². The summed E-state index contributed by atoms with van der Waals surface area (Å²) in [5.74, 6) is -0.512. The topological polar surface area (TPSA) is 103 Å². The number of pyridine rings is 1. The van der Waals surface area contributed by atoms with Gasteiger partial charge in [0, 0.05) is 26.1 Å². The smallest absolute Gasteiger partial charge is 0.328 e. The number of nitrogens with one attached hydrogen (secondary N) is 1. The largest absolute Gasteiger partial charge is 0.481 e. The summed E-state index contributed by atoms with van der Waals surface area (Å²) in [5, 5.41) is 11.3. The molecule has 0 atom stereocenters. The van der Waals surface area contributed by atoms with E-state index in [9.17, 15) is 14.4 Å². The van der Waals surface area contributed by atoms with Crippen LogP contribution in [0.4, 0.5) is 16.3 Å². The third-order valence-electron chi connectivity index (χ3n) is 4.27. The van der Waals surface area contributed by atoms with Gasteiger partial charge in [-0.25, -0.2) is 9.78 Å². The van der Waals surface area contributed by atoms with E-state index in [1.165, 1.54) is 4.90 Å². The van der Waals surface area contributed by atoms with Crippen LogP contribution in [-0.2, 0) is 9.59 Å². The van der Waals surface area contributed by atoms with Gasteiger partial charge >= 0.3 is 12.0 Å². The molecule has 8 heteroatoms. The highest BCUT2D eigenvalue weighted by Crippen LogP contribution is 2.24. The molecule has 0 aliphatic carbocycles. The predicted octanol–water partition coefficient (Wildman–Crippen LogP) is 0.829. The SMILES string of the molecule is O=C1CCN(c2ccc(N3CCC(C(=O)O)CC3)nc2)C(=O)N1. The van der Waals surface area contributed by atoms with E-state index in [2.05, 4.69) is 10.3 Å². The molecule has 2 saturated heterocycles. The molecule has 3 heterocycles. The van der Waals surface area contributed by atoms with Crippen LogP contribution < -0.4 is 15.1 Å². The first-order valence-electron chi connectivity index (χ1n) is 7.60. The number of aromatic nitrogens is 1. The molecule has 0 unspecified atom stereocenters. The van der Waals surface area contributed by atoms with Crippen LogP contribution in [0.1, 0.15) is 19.3 Å². The van der Waals surface area contributed by atoms with E-state index < -0.39 is 12.0 Å². The van der Waals surface area contributed by atoms with Gasteiger partial charge in [0.1, 0.15) is 5.82 Å². The molecular formula is C15H18N4O4. The number of carbonyl (C=O) groups excluding carboxylic acids is 2. The summed E-state index contributed by atoms with van der Waals surface area (Å²) in [6.07, 6.45) is 3.09. The van der Waals surface area contributed by atoms with Crippen molar-refractivity contribution in [3.63, 3.8) is 0 Å². The second-order valence-corrected chi connectivity index (χ2v) is 5.73. The third-order valence-corrected chi connectivity index (χ3v) is 4.27. The second-order valence-electron chi connectivity index (χ2n) is 5.73. The zero-order valence-electron chi connectivity index (χ0n) is 12.6. The molecule has 2 fully saturated rings. The van der Waals surface area contributed by atoms with E-state index in [1.54, 1.807) is 12.3 Å². The van der Waals surface area contributed by atoms with Crippen molar-refractivity contribution in [1.82, 2.24) is 10.3 Å². The number of carbonyl (C=O) groups is 3. The summed E-state index contributed by atoms with van der Waals surface area (Å²) in [6, 6.07) is 3.18. The lowest BCUT2D eigenvalue weighted by Crippen LogP contribution is -2.49. The van der Waals surface area contributed by atoms with Crippen molar-refractivity contribution in [2.45, 2.75) is 19.3 Å². The standard InChI is InChI=1S/C15H18N4O4/c20-13-5-8-19(15(23)17-13)11-1-2-12(16-9-11)18-6-3-10(4-7-18)14(21)22/h1-2,9-10H,3-8H2,(H,21,22)(H,17,20,23). The molecule has 8 nitrogen and oxygen atoms in total. The number of aliphatic carboxylic acids is 1. The van der Waals surface area contributed by atoms with Crippen molar-refractivity contribution in [2.75, 3.05) is 29.4 Å². The summed E-state index contributed by atoms with van der Waals surface area (Å²) in [7, 11) is 0. The maximum atomic E-state index is 11.8. The molecule has 2 aliphatic heterocycles. The Morgan fingerprint density at radius 1 is 1.22 bits per heavy atom. The maximum Gasteiger partial charge on any atom is 0.328 e. The normalized spacial score (nSPS) is 19.7. The fourth-order valence-corrected chi connectivity index (χ4v) is 2.89. The number of urea groups is 1. The number of hydrogen-bond acceptors (Lipinski definition) is 5. The molecular weight excluding hydrogens is 300 g/mol. The summed E-state index contributed by atoms with van der Waals surface area (Å²) in [6.45, 7) is 1.65. The third kappa shape index (κ3) is 3.25. The summed E-state index contributed by atoms with van der Waals surface area (Å²) >= 11 is 0. The Kier molecular flexibility index (Phi) is 4.14. The molecule has 0 spiro atoms. The number of imide groups is 1. The highest BCUT2D eigenvalue weighted by Gasteiger charge is 2.26. The monoisotopic (exact) mass is 318 g/mol. The molecule has 0 aromatic carbocycles. The first-order valence-corrected chi connectivity index (χ1v) is 7.60. The van der Waals surface area contributed by atoms with Gasteiger partial charge in [0.25, 0.3) is 0 Å². The number of carboxylic acids is 1. The Bertz CT molecular complexity index is 623. The molecule has 0 saturated carbocycles. The van der Waals surface area contributed by atoms with Gasteiger partial charge in [-0.1, -0.05) is 0 Å². The quantitative estimate of drug-likeness (QED) is 0.855. The van der Waals surface area contributed by atoms with Crippen LogP contribution in [0.5, 0.6) is 0 Å². The van der Waals surface area contributed by atoms with E-state index in [0.29, 0.717) is 38.2 Å². The van der Waals surface area contributed by atoms with Crippen molar-refractivity contribution in [3.05, 3.63) is 18.3 Å². The number of carboxylic acid groups (broad SMARTS) is 1. The summed E-state index contributed by atoms with van der Waals surface area (Å²) in [5.41, 5.74) is 0.638. The molecule has 3 rings (SSSR count). The summed E-state index contributed by atoms with van der Waals surface area (Å²) in [4.78, 5) is 41.8. The van der Waals surface area contributed by atoms with Gasteiger partial charge in [0.15, 0.2) is 0 Å². The van der Waals surface area contributed by atoms with E-state index in [-0.39, 0.29) is 18.2 Å². The van der Waals surface area contributed by atoms with Crippen molar-refractivity contribution >= 4 is 29.4 Å². The predicted molar refractivity (Wildman–Crippen MR) is 82.3 cm³/mol. The number of anilines is 2. The molecule has 23 heavy (non-hydrogen) atoms. The number of piperidine rings is 1. The van der Waals surface area contributed by atoms with E-state index in [1.807, 2.05) is 11.0 Å². The van der Waals surface area contributed by atoms with Crippen LogP contribution in [0.3, 0.4) is 0 Å². The van der Waals surface area contributed by atoms with Gasteiger partial charge in [0.05, 0.1) is 17.8 Å². The zero-order chi connectivity index (χ0) is 16.4. The highest BCUT2D eigenvalue weighted by molar-refractivity contribution is 6.05.